The molecule has 4 heterocycles. The molecule has 10 heteroatoms. The molecular weight excluding hydrogens is 530 g/mol. The van der Waals surface area contributed by atoms with Gasteiger partial charge in [-0.25, -0.2) is 0 Å². The summed E-state index contributed by atoms with van der Waals surface area (Å²) < 4.78 is 11.7. The molecule has 1 amide bonds. The Bertz CT molecular complexity index is 1320. The van der Waals surface area contributed by atoms with Gasteiger partial charge < -0.3 is 19.3 Å². The minimum atomic E-state index is -0.213. The van der Waals surface area contributed by atoms with Crippen LogP contribution in [-0.2, 0) is 35.3 Å². The molecule has 1 aromatic heterocycles. The molecule has 4 aliphatic rings. The van der Waals surface area contributed by atoms with Crippen molar-refractivity contribution in [3.8, 4) is 12.1 Å². The maximum absolute atomic E-state index is 12.5. The lowest BCUT2D eigenvalue weighted by atomic mass is 9.88. The summed E-state index contributed by atoms with van der Waals surface area (Å²) in [7, 11) is 0. The van der Waals surface area contributed by atoms with Crippen LogP contribution in [0.4, 0.5) is 5.82 Å². The number of fused-ring (bicyclic) bond motifs is 2. The molecule has 0 bridgehead atoms. The van der Waals surface area contributed by atoms with Crippen molar-refractivity contribution in [3.63, 3.8) is 0 Å². The number of hydrogen-bond acceptors (Lipinski definition) is 9. The molecule has 3 aliphatic heterocycles. The van der Waals surface area contributed by atoms with Crippen LogP contribution in [0.1, 0.15) is 35.2 Å². The molecule has 0 N–H and O–H groups in total. The number of carbonyl (C=O) groups is 1. The average Bonchev–Trinajstić information content (AvgIpc) is 3.04. The fourth-order valence-corrected chi connectivity index (χ4v) is 6.85. The van der Waals surface area contributed by atoms with Crippen LogP contribution in [0.25, 0.3) is 0 Å². The lowest BCUT2D eigenvalue weighted by Gasteiger charge is -2.42. The second-order valence-electron chi connectivity index (χ2n) is 11.6. The van der Waals surface area contributed by atoms with Crippen LogP contribution in [0.5, 0.6) is 6.01 Å². The molecule has 2 atom stereocenters. The lowest BCUT2D eigenvalue weighted by Crippen LogP contribution is -2.55. The van der Waals surface area contributed by atoms with Gasteiger partial charge in [0.25, 0.3) is 0 Å². The monoisotopic (exact) mass is 571 g/mol. The van der Waals surface area contributed by atoms with Crippen molar-refractivity contribution in [2.24, 2.45) is 0 Å². The van der Waals surface area contributed by atoms with Gasteiger partial charge in [0.2, 0.25) is 5.91 Å². The number of aromatic nitrogens is 2. The van der Waals surface area contributed by atoms with E-state index in [0.29, 0.717) is 38.3 Å². The summed E-state index contributed by atoms with van der Waals surface area (Å²) in [4.78, 5) is 31.4. The normalized spacial score (nSPS) is 23.0. The zero-order chi connectivity index (χ0) is 28.9. The van der Waals surface area contributed by atoms with Gasteiger partial charge in [-0.3, -0.25) is 14.6 Å². The van der Waals surface area contributed by atoms with Gasteiger partial charge in [0.15, 0.2) is 0 Å². The van der Waals surface area contributed by atoms with Crippen LogP contribution in [-0.4, -0.2) is 108 Å². The number of hydrogen-bond donors (Lipinski definition) is 0. The van der Waals surface area contributed by atoms with E-state index in [1.54, 1.807) is 4.90 Å². The fourth-order valence-electron chi connectivity index (χ4n) is 6.85. The topological polar surface area (TPSA) is 98.1 Å². The fraction of sp³-hybridized carbons (Fsp3) is 0.562. The van der Waals surface area contributed by atoms with Crippen molar-refractivity contribution in [3.05, 3.63) is 59.3 Å². The first-order chi connectivity index (χ1) is 20.6. The van der Waals surface area contributed by atoms with Crippen LogP contribution in [0, 0.1) is 11.3 Å². The number of morpholine rings is 1. The first-order valence-electron chi connectivity index (χ1n) is 15.3. The number of rotatable bonds is 8. The predicted molar refractivity (Wildman–Crippen MR) is 159 cm³/mol. The lowest BCUT2D eigenvalue weighted by molar-refractivity contribution is -0.128. The van der Waals surface area contributed by atoms with Crippen molar-refractivity contribution in [2.45, 2.75) is 50.7 Å². The smallest absolute Gasteiger partial charge is 0.318 e. The molecule has 2 fully saturated rings. The Morgan fingerprint density at radius 2 is 1.95 bits per heavy atom. The van der Waals surface area contributed by atoms with Crippen molar-refractivity contribution in [1.82, 2.24) is 24.7 Å². The molecule has 222 valence electrons. The summed E-state index contributed by atoms with van der Waals surface area (Å²) >= 11 is 0. The quantitative estimate of drug-likeness (QED) is 0.442. The van der Waals surface area contributed by atoms with E-state index in [-0.39, 0.29) is 18.4 Å². The minimum absolute atomic E-state index is 0.127. The van der Waals surface area contributed by atoms with Gasteiger partial charge in [-0.05, 0) is 36.5 Å². The molecule has 10 nitrogen and oxygen atoms in total. The Morgan fingerprint density at radius 3 is 2.76 bits per heavy atom. The molecule has 2 saturated heterocycles. The highest BCUT2D eigenvalue weighted by Crippen LogP contribution is 2.34. The van der Waals surface area contributed by atoms with Gasteiger partial charge in [0.05, 0.1) is 37.4 Å². The highest BCUT2D eigenvalue weighted by molar-refractivity contribution is 5.87. The number of benzene rings is 1. The molecule has 1 unspecified atom stereocenters. The summed E-state index contributed by atoms with van der Waals surface area (Å²) in [6.45, 7) is 12.1. The number of amides is 1. The molecular formula is C32H41N7O3. The minimum Gasteiger partial charge on any atom is -0.462 e. The van der Waals surface area contributed by atoms with Gasteiger partial charge in [0.1, 0.15) is 12.4 Å². The molecule has 2 aromatic rings. The second kappa shape index (κ2) is 13.2. The first-order valence-corrected chi connectivity index (χ1v) is 15.3. The van der Waals surface area contributed by atoms with E-state index in [1.165, 1.54) is 22.8 Å². The van der Waals surface area contributed by atoms with Gasteiger partial charge in [0, 0.05) is 70.4 Å². The summed E-state index contributed by atoms with van der Waals surface area (Å²) in [5.74, 6) is 0.773. The van der Waals surface area contributed by atoms with Gasteiger partial charge in [-0.2, -0.15) is 15.2 Å². The molecule has 0 spiro atoms. The number of anilines is 1. The van der Waals surface area contributed by atoms with Crippen LogP contribution >= 0.6 is 0 Å². The Morgan fingerprint density at radius 1 is 1.12 bits per heavy atom. The van der Waals surface area contributed by atoms with Crippen LogP contribution in [0.2, 0.25) is 0 Å². The second-order valence-corrected chi connectivity index (χ2v) is 11.6. The maximum atomic E-state index is 12.5. The molecule has 0 radical (unpaired) electrons. The van der Waals surface area contributed by atoms with E-state index in [9.17, 15) is 10.1 Å². The standard InChI is InChI=1S/C32H41N7O3/c1-2-30(40)39-14-13-38(23-27(39)9-11-33)31-28-8-7-26(37-12-10-24-5-3-4-6-25(24)22-37)21-29(28)34-32(35-31)42-20-17-36-15-18-41-19-16-36/h2-6,26-27H,1,7-10,12-23H2/t26?,27-/m0/s1. The third-order valence-electron chi connectivity index (χ3n) is 9.19. The summed E-state index contributed by atoms with van der Waals surface area (Å²) in [6, 6.07) is 11.7. The maximum Gasteiger partial charge on any atom is 0.318 e. The largest absolute Gasteiger partial charge is 0.462 e. The van der Waals surface area contributed by atoms with E-state index in [2.05, 4.69) is 51.6 Å². The van der Waals surface area contributed by atoms with Crippen molar-refractivity contribution < 1.29 is 14.3 Å². The molecule has 42 heavy (non-hydrogen) atoms. The van der Waals surface area contributed by atoms with E-state index >= 15 is 0 Å². The predicted octanol–water partition coefficient (Wildman–Crippen LogP) is 2.22. The number of nitrogens with zero attached hydrogens (tertiary/aromatic N) is 7. The van der Waals surface area contributed by atoms with Gasteiger partial charge in [-0.15, -0.1) is 0 Å². The number of piperazine rings is 1. The highest BCUT2D eigenvalue weighted by Gasteiger charge is 2.35. The van der Waals surface area contributed by atoms with E-state index in [0.717, 1.165) is 83.1 Å². The van der Waals surface area contributed by atoms with E-state index < -0.39 is 0 Å². The van der Waals surface area contributed by atoms with Crippen molar-refractivity contribution in [2.75, 3.05) is 70.5 Å². The Hall–Kier alpha value is -3.52. The number of carbonyl (C=O) groups excluding carboxylic acids is 1. The van der Waals surface area contributed by atoms with Crippen LogP contribution < -0.4 is 9.64 Å². The summed E-state index contributed by atoms with van der Waals surface area (Å²) in [6.07, 6.45) is 5.51. The average molecular weight is 572 g/mol. The molecule has 0 saturated carbocycles. The molecule has 1 aromatic carbocycles. The van der Waals surface area contributed by atoms with E-state index in [1.807, 2.05) is 0 Å². The zero-order valence-corrected chi connectivity index (χ0v) is 24.4. The third-order valence-corrected chi connectivity index (χ3v) is 9.19. The SMILES string of the molecule is C=CC(=O)N1CCN(c2nc(OCCN3CCOCC3)nc3c2CCC(N2CCc4ccccc4C2)C3)C[C@@H]1CC#N. The summed E-state index contributed by atoms with van der Waals surface area (Å²) in [5, 5.41) is 9.51. The Balaban J connectivity index is 1.23. The Kier molecular flexibility index (Phi) is 8.98. The first kappa shape index (κ1) is 28.6. The van der Waals surface area contributed by atoms with Crippen molar-refractivity contribution in [1.29, 1.82) is 5.26 Å². The molecule has 6 rings (SSSR count). The number of nitriles is 1. The van der Waals surface area contributed by atoms with Crippen LogP contribution in [0.3, 0.4) is 0 Å². The highest BCUT2D eigenvalue weighted by atomic mass is 16.5. The van der Waals surface area contributed by atoms with Crippen molar-refractivity contribution >= 4 is 11.7 Å². The van der Waals surface area contributed by atoms with Gasteiger partial charge >= 0.3 is 6.01 Å². The zero-order valence-electron chi connectivity index (χ0n) is 24.4. The van der Waals surface area contributed by atoms with E-state index in [4.69, 9.17) is 19.4 Å². The van der Waals surface area contributed by atoms with Gasteiger partial charge in [-0.1, -0.05) is 30.8 Å². The van der Waals surface area contributed by atoms with Crippen LogP contribution in [0.15, 0.2) is 36.9 Å². The summed E-state index contributed by atoms with van der Waals surface area (Å²) in [5.41, 5.74) is 5.15. The molecule has 1 aliphatic carbocycles. The number of ether oxygens (including phenoxy) is 2. The Labute approximate surface area is 248 Å². The third kappa shape index (κ3) is 6.28.